The lowest BCUT2D eigenvalue weighted by Crippen LogP contribution is -2.52. The van der Waals surface area contributed by atoms with Crippen molar-refractivity contribution >= 4 is 0 Å². The maximum atomic E-state index is 3.63. The summed E-state index contributed by atoms with van der Waals surface area (Å²) < 4.78 is 0. The summed E-state index contributed by atoms with van der Waals surface area (Å²) in [7, 11) is 0. The van der Waals surface area contributed by atoms with Crippen molar-refractivity contribution in [2.45, 2.75) is 58.4 Å². The minimum Gasteiger partial charge on any atom is -0.316 e. The van der Waals surface area contributed by atoms with E-state index < -0.39 is 0 Å². The van der Waals surface area contributed by atoms with Crippen LogP contribution in [0.2, 0.25) is 0 Å². The van der Waals surface area contributed by atoms with Crippen molar-refractivity contribution in [2.24, 2.45) is 11.8 Å². The molecule has 2 aliphatic rings. The standard InChI is InChI=1S/C15H30N2/c1-4-15(7-5-8-15)17-9-6-14(12-17)11-16-10-13(2)3/h13-14,16H,4-12H2,1-3H3. The molecule has 1 atom stereocenters. The second kappa shape index (κ2) is 5.71. The average molecular weight is 238 g/mol. The van der Waals surface area contributed by atoms with E-state index in [4.69, 9.17) is 0 Å². The summed E-state index contributed by atoms with van der Waals surface area (Å²) in [6, 6.07) is 0. The van der Waals surface area contributed by atoms with Gasteiger partial charge in [0.25, 0.3) is 0 Å². The lowest BCUT2D eigenvalue weighted by molar-refractivity contribution is 0.0291. The van der Waals surface area contributed by atoms with Crippen molar-refractivity contribution in [3.63, 3.8) is 0 Å². The van der Waals surface area contributed by atoms with Gasteiger partial charge in [0.1, 0.15) is 0 Å². The zero-order chi connectivity index (χ0) is 12.3. The normalized spacial score (nSPS) is 28.6. The molecule has 2 rings (SSSR count). The molecule has 100 valence electrons. The Labute approximate surface area is 107 Å². The zero-order valence-electron chi connectivity index (χ0n) is 12.0. The molecule has 0 spiro atoms. The molecule has 1 heterocycles. The molecular weight excluding hydrogens is 208 g/mol. The number of hydrogen-bond acceptors (Lipinski definition) is 2. The quantitative estimate of drug-likeness (QED) is 0.765. The summed E-state index contributed by atoms with van der Waals surface area (Å²) >= 11 is 0. The van der Waals surface area contributed by atoms with Gasteiger partial charge < -0.3 is 5.32 Å². The van der Waals surface area contributed by atoms with Crippen molar-refractivity contribution in [3.05, 3.63) is 0 Å². The Hall–Kier alpha value is -0.0800. The van der Waals surface area contributed by atoms with Crippen LogP contribution >= 0.6 is 0 Å². The van der Waals surface area contributed by atoms with Gasteiger partial charge in [0, 0.05) is 12.1 Å². The second-order valence-corrected chi connectivity index (χ2v) is 6.58. The van der Waals surface area contributed by atoms with Gasteiger partial charge in [0.2, 0.25) is 0 Å². The first-order chi connectivity index (χ1) is 8.16. The predicted molar refractivity (Wildman–Crippen MR) is 74.3 cm³/mol. The molecule has 1 unspecified atom stereocenters. The molecule has 1 aliphatic carbocycles. The first-order valence-corrected chi connectivity index (χ1v) is 7.62. The molecule has 1 saturated carbocycles. The molecule has 1 saturated heterocycles. The monoisotopic (exact) mass is 238 g/mol. The van der Waals surface area contributed by atoms with Crippen LogP contribution in [0, 0.1) is 11.8 Å². The van der Waals surface area contributed by atoms with Gasteiger partial charge in [-0.2, -0.15) is 0 Å². The molecule has 0 aromatic carbocycles. The van der Waals surface area contributed by atoms with E-state index in [1.165, 1.54) is 58.3 Å². The SMILES string of the molecule is CCC1(N2CCC(CNCC(C)C)C2)CCC1. The van der Waals surface area contributed by atoms with Crippen LogP contribution in [-0.2, 0) is 0 Å². The molecular formula is C15H30N2. The van der Waals surface area contributed by atoms with Crippen LogP contribution in [0.1, 0.15) is 52.9 Å². The highest BCUT2D eigenvalue weighted by Crippen LogP contribution is 2.42. The number of rotatable bonds is 6. The maximum Gasteiger partial charge on any atom is 0.0207 e. The van der Waals surface area contributed by atoms with E-state index >= 15 is 0 Å². The zero-order valence-corrected chi connectivity index (χ0v) is 12.0. The van der Waals surface area contributed by atoms with E-state index in [-0.39, 0.29) is 0 Å². The molecule has 2 fully saturated rings. The Morgan fingerprint density at radius 3 is 2.65 bits per heavy atom. The molecule has 2 nitrogen and oxygen atoms in total. The van der Waals surface area contributed by atoms with E-state index in [1.54, 1.807) is 0 Å². The van der Waals surface area contributed by atoms with Crippen LogP contribution in [0.25, 0.3) is 0 Å². The van der Waals surface area contributed by atoms with Crippen molar-refractivity contribution in [2.75, 3.05) is 26.2 Å². The Morgan fingerprint density at radius 2 is 2.12 bits per heavy atom. The summed E-state index contributed by atoms with van der Waals surface area (Å²) in [5, 5.41) is 3.63. The first kappa shape index (κ1) is 13.4. The van der Waals surface area contributed by atoms with Crippen LogP contribution in [0.3, 0.4) is 0 Å². The fraction of sp³-hybridized carbons (Fsp3) is 1.00. The van der Waals surface area contributed by atoms with Gasteiger partial charge in [-0.15, -0.1) is 0 Å². The van der Waals surface area contributed by atoms with E-state index in [2.05, 4.69) is 31.0 Å². The van der Waals surface area contributed by atoms with Crippen molar-refractivity contribution in [1.29, 1.82) is 0 Å². The van der Waals surface area contributed by atoms with Crippen molar-refractivity contribution < 1.29 is 0 Å². The lowest BCUT2D eigenvalue weighted by Gasteiger charge is -2.49. The van der Waals surface area contributed by atoms with E-state index in [9.17, 15) is 0 Å². The Balaban J connectivity index is 1.72. The minimum atomic E-state index is 0.618. The van der Waals surface area contributed by atoms with Gasteiger partial charge in [-0.25, -0.2) is 0 Å². The molecule has 0 aromatic heterocycles. The second-order valence-electron chi connectivity index (χ2n) is 6.58. The number of nitrogens with zero attached hydrogens (tertiary/aromatic N) is 1. The first-order valence-electron chi connectivity index (χ1n) is 7.62. The predicted octanol–water partition coefficient (Wildman–Crippen LogP) is 2.89. The van der Waals surface area contributed by atoms with Gasteiger partial charge in [0.05, 0.1) is 0 Å². The summed E-state index contributed by atoms with van der Waals surface area (Å²) in [5.74, 6) is 1.68. The van der Waals surface area contributed by atoms with Crippen molar-refractivity contribution in [3.8, 4) is 0 Å². The van der Waals surface area contributed by atoms with Crippen LogP contribution in [-0.4, -0.2) is 36.6 Å². The highest BCUT2D eigenvalue weighted by Gasteiger charge is 2.43. The fourth-order valence-corrected chi connectivity index (χ4v) is 3.48. The highest BCUT2D eigenvalue weighted by molar-refractivity contribution is 4.99. The lowest BCUT2D eigenvalue weighted by atomic mass is 9.73. The van der Waals surface area contributed by atoms with E-state index in [1.807, 2.05) is 0 Å². The molecule has 0 radical (unpaired) electrons. The van der Waals surface area contributed by atoms with Gasteiger partial charge in [0.15, 0.2) is 0 Å². The molecule has 0 bridgehead atoms. The third kappa shape index (κ3) is 3.03. The van der Waals surface area contributed by atoms with Crippen LogP contribution in [0.15, 0.2) is 0 Å². The van der Waals surface area contributed by atoms with Gasteiger partial charge in [-0.05, 0) is 63.6 Å². The third-order valence-corrected chi connectivity index (χ3v) is 4.88. The molecule has 0 amide bonds. The summed E-state index contributed by atoms with van der Waals surface area (Å²) in [6.45, 7) is 12.1. The Bertz CT molecular complexity index is 228. The number of hydrogen-bond donors (Lipinski definition) is 1. The maximum absolute atomic E-state index is 3.63. The van der Waals surface area contributed by atoms with Crippen LogP contribution in [0.4, 0.5) is 0 Å². The van der Waals surface area contributed by atoms with E-state index in [0.29, 0.717) is 5.54 Å². The highest BCUT2D eigenvalue weighted by atomic mass is 15.2. The number of likely N-dealkylation sites (tertiary alicyclic amines) is 1. The largest absolute Gasteiger partial charge is 0.316 e. The van der Waals surface area contributed by atoms with Crippen LogP contribution < -0.4 is 5.32 Å². The molecule has 1 aliphatic heterocycles. The summed E-state index contributed by atoms with van der Waals surface area (Å²) in [5.41, 5.74) is 0.618. The minimum absolute atomic E-state index is 0.618. The summed E-state index contributed by atoms with van der Waals surface area (Å²) in [4.78, 5) is 2.80. The Kier molecular flexibility index (Phi) is 4.48. The average Bonchev–Trinajstić information content (AvgIpc) is 2.66. The van der Waals surface area contributed by atoms with Crippen molar-refractivity contribution in [1.82, 2.24) is 10.2 Å². The summed E-state index contributed by atoms with van der Waals surface area (Å²) in [6.07, 6.45) is 7.14. The van der Waals surface area contributed by atoms with E-state index in [0.717, 1.165) is 11.8 Å². The molecule has 2 heteroatoms. The van der Waals surface area contributed by atoms with Gasteiger partial charge >= 0.3 is 0 Å². The third-order valence-electron chi connectivity index (χ3n) is 4.88. The smallest absolute Gasteiger partial charge is 0.0207 e. The molecule has 1 N–H and O–H groups in total. The van der Waals surface area contributed by atoms with Gasteiger partial charge in [-0.3, -0.25) is 4.90 Å². The molecule has 17 heavy (non-hydrogen) atoms. The van der Waals surface area contributed by atoms with Crippen LogP contribution in [0.5, 0.6) is 0 Å². The Morgan fingerprint density at radius 1 is 1.35 bits per heavy atom. The number of nitrogens with one attached hydrogen (secondary N) is 1. The van der Waals surface area contributed by atoms with Gasteiger partial charge in [-0.1, -0.05) is 20.8 Å². The fourth-order valence-electron chi connectivity index (χ4n) is 3.48. The molecule has 0 aromatic rings. The topological polar surface area (TPSA) is 15.3 Å².